The van der Waals surface area contributed by atoms with Crippen molar-refractivity contribution in [1.29, 1.82) is 0 Å². The standard InChI is InChI=1S/C12H5F3INO4/c13-12(14,15)8-3-6(17(19)20)4-9(16)11(8)10-2-1-7(5-18)21-10/h1-5H. The average molecular weight is 411 g/mol. The number of rotatable bonds is 3. The summed E-state index contributed by atoms with van der Waals surface area (Å²) in [5.74, 6) is -0.309. The summed E-state index contributed by atoms with van der Waals surface area (Å²) in [4.78, 5) is 20.3. The van der Waals surface area contributed by atoms with Gasteiger partial charge in [0, 0.05) is 21.3 Å². The van der Waals surface area contributed by atoms with E-state index in [1.165, 1.54) is 12.1 Å². The summed E-state index contributed by atoms with van der Waals surface area (Å²) in [6.07, 6.45) is -4.44. The predicted molar refractivity (Wildman–Crippen MR) is 73.9 cm³/mol. The second kappa shape index (κ2) is 5.47. The van der Waals surface area contributed by atoms with Crippen molar-refractivity contribution in [2.75, 3.05) is 0 Å². The monoisotopic (exact) mass is 411 g/mol. The molecule has 2 rings (SSSR count). The molecule has 0 fully saturated rings. The first-order chi connectivity index (χ1) is 9.74. The van der Waals surface area contributed by atoms with Crippen LogP contribution in [0.25, 0.3) is 11.3 Å². The molecule has 1 aromatic heterocycles. The van der Waals surface area contributed by atoms with Gasteiger partial charge in [-0.3, -0.25) is 14.9 Å². The molecule has 0 aliphatic carbocycles. The van der Waals surface area contributed by atoms with E-state index in [9.17, 15) is 28.1 Å². The Morgan fingerprint density at radius 2 is 1.95 bits per heavy atom. The van der Waals surface area contributed by atoms with Crippen molar-refractivity contribution in [1.82, 2.24) is 0 Å². The van der Waals surface area contributed by atoms with Gasteiger partial charge in [-0.05, 0) is 34.7 Å². The first-order valence-corrected chi connectivity index (χ1v) is 6.42. The number of aldehydes is 1. The first-order valence-electron chi connectivity index (χ1n) is 5.34. The van der Waals surface area contributed by atoms with E-state index in [0.717, 1.165) is 6.07 Å². The summed E-state index contributed by atoms with van der Waals surface area (Å²) < 4.78 is 44.3. The van der Waals surface area contributed by atoms with Crippen LogP contribution >= 0.6 is 22.6 Å². The Bertz CT molecular complexity index is 724. The molecule has 0 unspecified atom stereocenters. The summed E-state index contributed by atoms with van der Waals surface area (Å²) >= 11 is 1.56. The summed E-state index contributed by atoms with van der Waals surface area (Å²) in [5.41, 5.74) is -2.19. The highest BCUT2D eigenvalue weighted by atomic mass is 127. The lowest BCUT2D eigenvalue weighted by atomic mass is 10.0. The highest BCUT2D eigenvalue weighted by molar-refractivity contribution is 14.1. The summed E-state index contributed by atoms with van der Waals surface area (Å²) in [6, 6.07) is 3.89. The molecule has 1 heterocycles. The zero-order valence-corrected chi connectivity index (χ0v) is 12.1. The Morgan fingerprint density at radius 3 is 2.43 bits per heavy atom. The van der Waals surface area contributed by atoms with Crippen molar-refractivity contribution in [3.8, 4) is 11.3 Å². The van der Waals surface area contributed by atoms with Crippen molar-refractivity contribution in [3.05, 3.63) is 49.3 Å². The summed E-state index contributed by atoms with van der Waals surface area (Å²) in [7, 11) is 0. The Balaban J connectivity index is 2.74. The molecule has 0 saturated carbocycles. The summed E-state index contributed by atoms with van der Waals surface area (Å²) in [5, 5.41) is 10.7. The minimum Gasteiger partial charge on any atom is -0.453 e. The van der Waals surface area contributed by atoms with Crippen LogP contribution in [-0.2, 0) is 6.18 Å². The molecular formula is C12H5F3INO4. The smallest absolute Gasteiger partial charge is 0.417 e. The van der Waals surface area contributed by atoms with E-state index in [1.807, 2.05) is 0 Å². The maximum Gasteiger partial charge on any atom is 0.417 e. The fraction of sp³-hybridized carbons (Fsp3) is 0.0833. The number of carbonyl (C=O) groups excluding carboxylic acids is 1. The normalized spacial score (nSPS) is 11.4. The van der Waals surface area contributed by atoms with E-state index in [-0.39, 0.29) is 20.7 Å². The molecule has 21 heavy (non-hydrogen) atoms. The Kier molecular flexibility index (Phi) is 4.03. The molecule has 110 valence electrons. The van der Waals surface area contributed by atoms with Crippen LogP contribution in [0.15, 0.2) is 28.7 Å². The molecule has 0 saturated heterocycles. The van der Waals surface area contributed by atoms with Gasteiger partial charge in [-0.1, -0.05) is 0 Å². The highest BCUT2D eigenvalue weighted by Crippen LogP contribution is 2.42. The number of hydrogen-bond donors (Lipinski definition) is 0. The van der Waals surface area contributed by atoms with Crippen LogP contribution in [0.1, 0.15) is 16.1 Å². The van der Waals surface area contributed by atoms with E-state index >= 15 is 0 Å². The van der Waals surface area contributed by atoms with Gasteiger partial charge in [0.2, 0.25) is 0 Å². The third-order valence-electron chi connectivity index (χ3n) is 2.58. The quantitative estimate of drug-likeness (QED) is 0.327. The van der Waals surface area contributed by atoms with E-state index in [4.69, 9.17) is 4.42 Å². The third-order valence-corrected chi connectivity index (χ3v) is 3.43. The molecule has 0 aliphatic heterocycles. The molecule has 1 aromatic carbocycles. The minimum atomic E-state index is -4.80. The average Bonchev–Trinajstić information content (AvgIpc) is 2.84. The molecule has 0 aliphatic rings. The number of nitro benzene ring substituents is 1. The maximum absolute atomic E-state index is 13.1. The van der Waals surface area contributed by atoms with Crippen molar-refractivity contribution in [2.24, 2.45) is 0 Å². The zero-order valence-electron chi connectivity index (χ0n) is 9.98. The minimum absolute atomic E-state index is 0.000856. The molecule has 0 amide bonds. The van der Waals surface area contributed by atoms with Gasteiger partial charge in [0.05, 0.1) is 10.5 Å². The lowest BCUT2D eigenvalue weighted by molar-refractivity contribution is -0.385. The third kappa shape index (κ3) is 3.06. The van der Waals surface area contributed by atoms with Crippen LogP contribution in [0.2, 0.25) is 0 Å². The van der Waals surface area contributed by atoms with Crippen LogP contribution in [0.5, 0.6) is 0 Å². The molecule has 0 atom stereocenters. The highest BCUT2D eigenvalue weighted by Gasteiger charge is 2.37. The van der Waals surface area contributed by atoms with Gasteiger partial charge in [-0.2, -0.15) is 13.2 Å². The Hall–Kier alpha value is -1.91. The van der Waals surface area contributed by atoms with Gasteiger partial charge < -0.3 is 4.42 Å². The number of halogens is 4. The fourth-order valence-electron chi connectivity index (χ4n) is 1.72. The van der Waals surface area contributed by atoms with Gasteiger partial charge in [-0.15, -0.1) is 0 Å². The van der Waals surface area contributed by atoms with Gasteiger partial charge in [0.25, 0.3) is 5.69 Å². The number of non-ortho nitro benzene ring substituents is 1. The van der Waals surface area contributed by atoms with E-state index in [0.29, 0.717) is 12.4 Å². The van der Waals surface area contributed by atoms with Gasteiger partial charge in [-0.25, -0.2) is 0 Å². The Morgan fingerprint density at radius 1 is 1.29 bits per heavy atom. The van der Waals surface area contributed by atoms with Crippen molar-refractivity contribution in [2.45, 2.75) is 6.18 Å². The molecule has 0 bridgehead atoms. The van der Waals surface area contributed by atoms with E-state index in [1.54, 1.807) is 22.6 Å². The second-order valence-corrected chi connectivity index (χ2v) is 5.09. The summed E-state index contributed by atoms with van der Waals surface area (Å²) in [6.45, 7) is 0. The predicted octanol–water partition coefficient (Wildman–Crippen LogP) is 4.29. The molecule has 2 aromatic rings. The van der Waals surface area contributed by atoms with Crippen LogP contribution < -0.4 is 0 Å². The Labute approximate surface area is 129 Å². The van der Waals surface area contributed by atoms with E-state index < -0.39 is 22.4 Å². The fourth-order valence-corrected chi connectivity index (χ4v) is 2.60. The molecule has 0 radical (unpaired) electrons. The number of furan rings is 1. The van der Waals surface area contributed by atoms with Crippen molar-refractivity contribution < 1.29 is 27.3 Å². The van der Waals surface area contributed by atoms with Crippen molar-refractivity contribution >= 4 is 34.6 Å². The van der Waals surface area contributed by atoms with Crippen molar-refractivity contribution in [3.63, 3.8) is 0 Å². The SMILES string of the molecule is O=Cc1ccc(-c2c(I)cc([N+](=O)[O-])cc2C(F)(F)F)o1. The van der Waals surface area contributed by atoms with Crippen LogP contribution in [0.4, 0.5) is 18.9 Å². The van der Waals surface area contributed by atoms with Crippen LogP contribution in [0.3, 0.4) is 0 Å². The molecule has 5 nitrogen and oxygen atoms in total. The number of nitro groups is 1. The van der Waals surface area contributed by atoms with Gasteiger partial charge in [0.1, 0.15) is 5.76 Å². The maximum atomic E-state index is 13.1. The zero-order chi connectivity index (χ0) is 15.8. The molecule has 9 heteroatoms. The molecule has 0 spiro atoms. The first kappa shape index (κ1) is 15.5. The molecule has 0 N–H and O–H groups in total. The lowest BCUT2D eigenvalue weighted by Gasteiger charge is -2.12. The van der Waals surface area contributed by atoms with Crippen LogP contribution in [0, 0.1) is 13.7 Å². The lowest BCUT2D eigenvalue weighted by Crippen LogP contribution is -2.09. The number of hydrogen-bond acceptors (Lipinski definition) is 4. The number of carbonyl (C=O) groups is 1. The van der Waals surface area contributed by atoms with Crippen LogP contribution in [-0.4, -0.2) is 11.2 Å². The van der Waals surface area contributed by atoms with Gasteiger partial charge in [0.15, 0.2) is 12.0 Å². The number of alkyl halides is 3. The number of benzene rings is 1. The number of nitrogens with zero attached hydrogens (tertiary/aromatic N) is 1. The largest absolute Gasteiger partial charge is 0.453 e. The van der Waals surface area contributed by atoms with Gasteiger partial charge >= 0.3 is 6.18 Å². The van der Waals surface area contributed by atoms with E-state index in [2.05, 4.69) is 0 Å². The second-order valence-electron chi connectivity index (χ2n) is 3.92. The molecular weight excluding hydrogens is 406 g/mol. The topological polar surface area (TPSA) is 73.3 Å².